The van der Waals surface area contributed by atoms with Crippen LogP contribution >= 0.6 is 12.6 Å². The Labute approximate surface area is 96.4 Å². The van der Waals surface area contributed by atoms with Crippen molar-refractivity contribution >= 4 is 35.3 Å². The molecule has 0 saturated carbocycles. The summed E-state index contributed by atoms with van der Waals surface area (Å²) in [5.41, 5.74) is 0.791. The summed E-state index contributed by atoms with van der Waals surface area (Å²) in [5.74, 6) is -1.22. The smallest absolute Gasteiger partial charge is 0.347 e. The normalized spacial score (nSPS) is 14.1. The van der Waals surface area contributed by atoms with Crippen molar-refractivity contribution in [2.75, 3.05) is 0 Å². The molecule has 3 nitrogen and oxygen atoms in total. The number of thiol groups is 1. The highest BCUT2D eigenvalue weighted by Crippen LogP contribution is 2.32. The van der Waals surface area contributed by atoms with Crippen molar-refractivity contribution in [3.63, 3.8) is 0 Å². The number of hydrogen-bond acceptors (Lipinski definition) is 4. The molecule has 0 aliphatic carbocycles. The predicted molar refractivity (Wildman–Crippen MR) is 60.9 cm³/mol. The quantitative estimate of drug-likeness (QED) is 0.429. The SMILES string of the molecule is O=C1OC(=O)c2c(S)ccc3cccc1c23. The van der Waals surface area contributed by atoms with E-state index in [1.807, 2.05) is 12.1 Å². The maximum Gasteiger partial charge on any atom is 0.347 e. The summed E-state index contributed by atoms with van der Waals surface area (Å²) in [6.07, 6.45) is 0. The third-order valence-corrected chi connectivity index (χ3v) is 3.01. The lowest BCUT2D eigenvalue weighted by atomic mass is 9.97. The molecule has 0 N–H and O–H groups in total. The third-order valence-electron chi connectivity index (χ3n) is 2.63. The Hall–Kier alpha value is -1.81. The van der Waals surface area contributed by atoms with Gasteiger partial charge in [-0.2, -0.15) is 0 Å². The zero-order valence-corrected chi connectivity index (χ0v) is 8.95. The molecular weight excluding hydrogens is 224 g/mol. The van der Waals surface area contributed by atoms with E-state index in [2.05, 4.69) is 17.4 Å². The first-order valence-corrected chi connectivity index (χ1v) is 5.14. The molecule has 0 unspecified atom stereocenters. The Bertz CT molecular complexity index is 646. The van der Waals surface area contributed by atoms with Gasteiger partial charge in [-0.1, -0.05) is 18.2 Å². The van der Waals surface area contributed by atoms with Crippen LogP contribution in [0.4, 0.5) is 0 Å². The van der Waals surface area contributed by atoms with Crippen LogP contribution < -0.4 is 0 Å². The van der Waals surface area contributed by atoms with Crippen molar-refractivity contribution in [1.82, 2.24) is 0 Å². The lowest BCUT2D eigenvalue weighted by Crippen LogP contribution is -2.20. The zero-order valence-electron chi connectivity index (χ0n) is 8.06. The molecule has 16 heavy (non-hydrogen) atoms. The van der Waals surface area contributed by atoms with Crippen LogP contribution in [-0.2, 0) is 4.74 Å². The number of esters is 2. The molecule has 4 heteroatoms. The molecule has 0 aromatic heterocycles. The molecule has 0 bridgehead atoms. The summed E-state index contributed by atoms with van der Waals surface area (Å²) >= 11 is 4.21. The summed E-state index contributed by atoms with van der Waals surface area (Å²) in [7, 11) is 0. The summed E-state index contributed by atoms with van der Waals surface area (Å²) < 4.78 is 4.66. The van der Waals surface area contributed by atoms with Crippen molar-refractivity contribution in [1.29, 1.82) is 0 Å². The largest absolute Gasteiger partial charge is 0.386 e. The fourth-order valence-corrected chi connectivity index (χ4v) is 2.21. The summed E-state index contributed by atoms with van der Waals surface area (Å²) in [5, 5.41) is 1.48. The van der Waals surface area contributed by atoms with Gasteiger partial charge in [0.2, 0.25) is 0 Å². The second kappa shape index (κ2) is 3.09. The Balaban J connectivity index is 2.58. The van der Waals surface area contributed by atoms with Crippen molar-refractivity contribution in [3.05, 3.63) is 41.5 Å². The van der Waals surface area contributed by atoms with Gasteiger partial charge in [0, 0.05) is 10.3 Å². The molecule has 2 aromatic rings. The van der Waals surface area contributed by atoms with Gasteiger partial charge in [-0.05, 0) is 17.5 Å². The number of hydrogen-bond donors (Lipinski definition) is 1. The van der Waals surface area contributed by atoms with Gasteiger partial charge in [-0.15, -0.1) is 12.6 Å². The van der Waals surface area contributed by atoms with E-state index >= 15 is 0 Å². The number of rotatable bonds is 0. The lowest BCUT2D eigenvalue weighted by molar-refractivity contribution is 0.0388. The van der Waals surface area contributed by atoms with Crippen LogP contribution in [-0.4, -0.2) is 11.9 Å². The maximum absolute atomic E-state index is 11.6. The van der Waals surface area contributed by atoms with Gasteiger partial charge in [-0.3, -0.25) is 0 Å². The van der Waals surface area contributed by atoms with E-state index in [9.17, 15) is 9.59 Å². The molecule has 0 radical (unpaired) electrons. The van der Waals surface area contributed by atoms with Crippen molar-refractivity contribution in [2.24, 2.45) is 0 Å². The van der Waals surface area contributed by atoms with Gasteiger partial charge in [-0.25, -0.2) is 9.59 Å². The van der Waals surface area contributed by atoms with Gasteiger partial charge >= 0.3 is 11.9 Å². The first kappa shape index (κ1) is 9.42. The number of cyclic esters (lactones) is 2. The van der Waals surface area contributed by atoms with E-state index in [1.54, 1.807) is 18.2 Å². The molecule has 0 spiro atoms. The molecule has 2 aromatic carbocycles. The fraction of sp³-hybridized carbons (Fsp3) is 0. The number of benzene rings is 2. The Morgan fingerprint density at radius 3 is 2.62 bits per heavy atom. The van der Waals surface area contributed by atoms with Crippen molar-refractivity contribution < 1.29 is 14.3 Å². The van der Waals surface area contributed by atoms with E-state index in [4.69, 9.17) is 0 Å². The first-order valence-electron chi connectivity index (χ1n) is 4.69. The minimum absolute atomic E-state index is 0.371. The highest BCUT2D eigenvalue weighted by Gasteiger charge is 2.28. The molecule has 1 aliphatic rings. The van der Waals surface area contributed by atoms with Gasteiger partial charge in [0.05, 0.1) is 11.1 Å². The van der Waals surface area contributed by atoms with E-state index < -0.39 is 11.9 Å². The van der Waals surface area contributed by atoms with Gasteiger partial charge in [0.1, 0.15) is 0 Å². The fourth-order valence-electron chi connectivity index (χ4n) is 1.94. The highest BCUT2D eigenvalue weighted by atomic mass is 32.1. The van der Waals surface area contributed by atoms with Crippen LogP contribution in [0.2, 0.25) is 0 Å². The molecule has 0 amide bonds. The lowest BCUT2D eigenvalue weighted by Gasteiger charge is -2.16. The minimum Gasteiger partial charge on any atom is -0.386 e. The average Bonchev–Trinajstić information content (AvgIpc) is 2.26. The Kier molecular flexibility index (Phi) is 1.82. The van der Waals surface area contributed by atoms with Gasteiger partial charge in [0.25, 0.3) is 0 Å². The predicted octanol–water partition coefficient (Wildman–Crippen LogP) is 2.44. The van der Waals surface area contributed by atoms with Crippen LogP contribution in [0.5, 0.6) is 0 Å². The molecule has 1 heterocycles. The van der Waals surface area contributed by atoms with E-state index in [0.717, 1.165) is 5.39 Å². The zero-order chi connectivity index (χ0) is 11.3. The topological polar surface area (TPSA) is 43.4 Å². The van der Waals surface area contributed by atoms with Crippen LogP contribution in [0.15, 0.2) is 35.2 Å². The molecular formula is C12H6O3S. The first-order chi connectivity index (χ1) is 7.68. The molecule has 3 rings (SSSR count). The van der Waals surface area contributed by atoms with Crippen molar-refractivity contribution in [2.45, 2.75) is 4.90 Å². The van der Waals surface area contributed by atoms with Crippen LogP contribution in [0.25, 0.3) is 10.8 Å². The maximum atomic E-state index is 11.6. The molecule has 0 fully saturated rings. The molecule has 1 aliphatic heterocycles. The van der Waals surface area contributed by atoms with Crippen LogP contribution in [0, 0.1) is 0 Å². The number of carbonyl (C=O) groups excluding carboxylic acids is 2. The second-order valence-corrected chi connectivity index (χ2v) is 4.02. The van der Waals surface area contributed by atoms with E-state index in [0.29, 0.717) is 21.4 Å². The molecule has 78 valence electrons. The minimum atomic E-state index is -0.626. The molecule has 0 atom stereocenters. The summed E-state index contributed by atoms with van der Waals surface area (Å²) in [6.45, 7) is 0. The van der Waals surface area contributed by atoms with Gasteiger partial charge < -0.3 is 4.74 Å². The molecule has 0 saturated heterocycles. The third kappa shape index (κ3) is 1.10. The Morgan fingerprint density at radius 1 is 1.00 bits per heavy atom. The standard InChI is InChI=1S/C12H6O3S/c13-11-7-3-1-2-6-4-5-8(16)10(9(6)7)12(14)15-11/h1-5,16H. The number of ether oxygens (including phenoxy) is 1. The van der Waals surface area contributed by atoms with E-state index in [-0.39, 0.29) is 0 Å². The van der Waals surface area contributed by atoms with Crippen LogP contribution in [0.1, 0.15) is 20.7 Å². The van der Waals surface area contributed by atoms with E-state index in [1.165, 1.54) is 0 Å². The second-order valence-electron chi connectivity index (χ2n) is 3.54. The van der Waals surface area contributed by atoms with Crippen molar-refractivity contribution in [3.8, 4) is 0 Å². The number of carbonyl (C=O) groups is 2. The average molecular weight is 230 g/mol. The Morgan fingerprint density at radius 2 is 1.81 bits per heavy atom. The summed E-state index contributed by atoms with van der Waals surface area (Å²) in [6, 6.07) is 8.81. The summed E-state index contributed by atoms with van der Waals surface area (Å²) in [4.78, 5) is 23.7. The monoisotopic (exact) mass is 230 g/mol. The van der Waals surface area contributed by atoms with Gasteiger partial charge in [0.15, 0.2) is 0 Å². The highest BCUT2D eigenvalue weighted by molar-refractivity contribution is 7.80. The van der Waals surface area contributed by atoms with Crippen LogP contribution in [0.3, 0.4) is 0 Å².